The maximum atomic E-state index is 5.54. The van der Waals surface area contributed by atoms with Crippen molar-refractivity contribution in [3.05, 3.63) is 29.8 Å². The van der Waals surface area contributed by atoms with E-state index in [0.29, 0.717) is 17.8 Å². The number of hydrogen-bond acceptors (Lipinski definition) is 5. The van der Waals surface area contributed by atoms with Crippen LogP contribution in [0.1, 0.15) is 50.5 Å². The van der Waals surface area contributed by atoms with Crippen molar-refractivity contribution in [2.45, 2.75) is 51.5 Å². The Bertz CT molecular complexity index is 595. The lowest BCUT2D eigenvalue weighted by Crippen LogP contribution is -2.31. The van der Waals surface area contributed by atoms with Crippen LogP contribution in [0.25, 0.3) is 11.5 Å². The highest BCUT2D eigenvalue weighted by Gasteiger charge is 2.32. The first-order valence-electron chi connectivity index (χ1n) is 7.84. The summed E-state index contributed by atoms with van der Waals surface area (Å²) < 4.78 is 5.54. The molecule has 3 rings (SSSR count). The van der Waals surface area contributed by atoms with Gasteiger partial charge in [0.15, 0.2) is 0 Å². The second kappa shape index (κ2) is 6.35. The van der Waals surface area contributed by atoms with Gasteiger partial charge in [0.2, 0.25) is 11.7 Å². The molecule has 112 valence electrons. The molecule has 1 N–H and O–H groups in total. The zero-order chi connectivity index (χ0) is 14.7. The van der Waals surface area contributed by atoms with E-state index < -0.39 is 0 Å². The number of nitrogens with one attached hydrogen (secondary N) is 1. The first-order valence-corrected chi connectivity index (χ1v) is 7.84. The number of likely N-dealkylation sites (N-methyl/N-ethyl adjacent to an activating group) is 1. The summed E-state index contributed by atoms with van der Waals surface area (Å²) in [5.41, 5.74) is 1.99. The minimum Gasteiger partial charge on any atom is -0.339 e. The smallest absolute Gasteiger partial charge is 0.231 e. The number of aryl methyl sites for hydroxylation is 1. The molecule has 0 aliphatic heterocycles. The molecular formula is C16H22N4O. The summed E-state index contributed by atoms with van der Waals surface area (Å²) in [4.78, 5) is 9.04. The highest BCUT2D eigenvalue weighted by atomic mass is 16.5. The predicted octanol–water partition coefficient (Wildman–Crippen LogP) is 2.94. The first kappa shape index (κ1) is 14.2. The largest absolute Gasteiger partial charge is 0.339 e. The third kappa shape index (κ3) is 2.83. The summed E-state index contributed by atoms with van der Waals surface area (Å²) in [6.45, 7) is 5.22. The van der Waals surface area contributed by atoms with Crippen molar-refractivity contribution in [2.24, 2.45) is 0 Å². The van der Waals surface area contributed by atoms with E-state index in [0.717, 1.165) is 36.5 Å². The Balaban J connectivity index is 1.86. The van der Waals surface area contributed by atoms with Crippen molar-refractivity contribution in [1.82, 2.24) is 20.4 Å². The zero-order valence-corrected chi connectivity index (χ0v) is 12.7. The summed E-state index contributed by atoms with van der Waals surface area (Å²) in [5.74, 6) is 1.70. The van der Waals surface area contributed by atoms with Crippen LogP contribution in [-0.2, 0) is 6.42 Å². The first-order chi connectivity index (χ1) is 10.3. The second-order valence-electron chi connectivity index (χ2n) is 5.52. The third-order valence-electron chi connectivity index (χ3n) is 4.23. The van der Waals surface area contributed by atoms with Crippen LogP contribution in [0.5, 0.6) is 0 Å². The fraction of sp³-hybridized carbons (Fsp3) is 0.562. The number of nitrogens with zero attached hydrogens (tertiary/aromatic N) is 3. The summed E-state index contributed by atoms with van der Waals surface area (Å²) in [6.07, 6.45) is 6.20. The topological polar surface area (TPSA) is 63.8 Å². The normalized spacial score (nSPS) is 21.8. The molecular weight excluding hydrogens is 264 g/mol. The Hall–Kier alpha value is -1.75. The van der Waals surface area contributed by atoms with Crippen LogP contribution in [0.3, 0.4) is 0 Å². The molecule has 2 heterocycles. The molecule has 1 fully saturated rings. The molecule has 0 bridgehead atoms. The maximum Gasteiger partial charge on any atom is 0.231 e. The molecule has 2 aromatic rings. The molecule has 5 heteroatoms. The van der Waals surface area contributed by atoms with Gasteiger partial charge in [0.05, 0.1) is 5.92 Å². The van der Waals surface area contributed by atoms with Crippen molar-refractivity contribution in [2.75, 3.05) is 6.54 Å². The van der Waals surface area contributed by atoms with Crippen LogP contribution in [0.2, 0.25) is 0 Å². The van der Waals surface area contributed by atoms with Gasteiger partial charge in [-0.2, -0.15) is 4.98 Å². The Labute approximate surface area is 125 Å². The Morgan fingerprint density at radius 2 is 2.24 bits per heavy atom. The van der Waals surface area contributed by atoms with Gasteiger partial charge in [-0.05, 0) is 37.4 Å². The number of rotatable bonds is 5. The van der Waals surface area contributed by atoms with E-state index in [4.69, 9.17) is 4.52 Å². The van der Waals surface area contributed by atoms with Gasteiger partial charge in [0, 0.05) is 12.2 Å². The fourth-order valence-electron chi connectivity index (χ4n) is 3.17. The Morgan fingerprint density at radius 3 is 3.05 bits per heavy atom. The minimum atomic E-state index is 0.333. The van der Waals surface area contributed by atoms with Gasteiger partial charge in [0.1, 0.15) is 5.69 Å². The van der Waals surface area contributed by atoms with E-state index >= 15 is 0 Å². The van der Waals surface area contributed by atoms with Crippen molar-refractivity contribution < 1.29 is 4.52 Å². The molecule has 0 radical (unpaired) electrons. The van der Waals surface area contributed by atoms with Crippen LogP contribution in [-0.4, -0.2) is 27.7 Å². The fourth-order valence-corrected chi connectivity index (χ4v) is 3.17. The summed E-state index contributed by atoms with van der Waals surface area (Å²) in [5, 5.41) is 7.68. The van der Waals surface area contributed by atoms with Crippen LogP contribution in [0, 0.1) is 0 Å². The zero-order valence-electron chi connectivity index (χ0n) is 12.7. The lowest BCUT2D eigenvalue weighted by Gasteiger charge is -2.16. The third-order valence-corrected chi connectivity index (χ3v) is 4.23. The van der Waals surface area contributed by atoms with E-state index in [1.54, 1.807) is 6.20 Å². The maximum absolute atomic E-state index is 5.54. The summed E-state index contributed by atoms with van der Waals surface area (Å²) in [6, 6.07) is 4.47. The quantitative estimate of drug-likeness (QED) is 0.915. The van der Waals surface area contributed by atoms with Crippen LogP contribution >= 0.6 is 0 Å². The molecule has 0 amide bonds. The van der Waals surface area contributed by atoms with Gasteiger partial charge in [-0.1, -0.05) is 31.5 Å². The van der Waals surface area contributed by atoms with Gasteiger partial charge < -0.3 is 9.84 Å². The number of aromatic nitrogens is 3. The Kier molecular flexibility index (Phi) is 4.29. The molecule has 2 unspecified atom stereocenters. The van der Waals surface area contributed by atoms with Gasteiger partial charge in [0.25, 0.3) is 0 Å². The second-order valence-corrected chi connectivity index (χ2v) is 5.52. The Morgan fingerprint density at radius 1 is 1.33 bits per heavy atom. The van der Waals surface area contributed by atoms with E-state index in [9.17, 15) is 0 Å². The molecule has 5 nitrogen and oxygen atoms in total. The number of pyridine rings is 1. The van der Waals surface area contributed by atoms with E-state index in [-0.39, 0.29) is 0 Å². The minimum absolute atomic E-state index is 0.333. The van der Waals surface area contributed by atoms with Gasteiger partial charge in [-0.3, -0.25) is 4.98 Å². The van der Waals surface area contributed by atoms with Crippen LogP contribution in [0.15, 0.2) is 22.9 Å². The number of hydrogen-bond donors (Lipinski definition) is 1. The van der Waals surface area contributed by atoms with Gasteiger partial charge in [-0.15, -0.1) is 0 Å². The van der Waals surface area contributed by atoms with Crippen LogP contribution < -0.4 is 5.32 Å². The van der Waals surface area contributed by atoms with Crippen molar-refractivity contribution >= 4 is 0 Å². The monoisotopic (exact) mass is 286 g/mol. The molecule has 0 aromatic carbocycles. The SMILES string of the molecule is CCNC1CCCC1c1nc(-c2ncccc2CC)no1. The van der Waals surface area contributed by atoms with Crippen molar-refractivity contribution in [3.8, 4) is 11.5 Å². The van der Waals surface area contributed by atoms with E-state index in [1.165, 1.54) is 12.8 Å². The average molecular weight is 286 g/mol. The molecule has 1 aliphatic carbocycles. The molecule has 2 aromatic heterocycles. The molecule has 0 spiro atoms. The van der Waals surface area contributed by atoms with Crippen molar-refractivity contribution in [1.29, 1.82) is 0 Å². The van der Waals surface area contributed by atoms with Gasteiger partial charge >= 0.3 is 0 Å². The van der Waals surface area contributed by atoms with E-state index in [2.05, 4.69) is 40.4 Å². The van der Waals surface area contributed by atoms with Crippen LogP contribution in [0.4, 0.5) is 0 Å². The van der Waals surface area contributed by atoms with Crippen molar-refractivity contribution in [3.63, 3.8) is 0 Å². The molecule has 2 atom stereocenters. The molecule has 1 aliphatic rings. The lowest BCUT2D eigenvalue weighted by atomic mass is 10.0. The predicted molar refractivity (Wildman–Crippen MR) is 81.0 cm³/mol. The average Bonchev–Trinajstić information content (AvgIpc) is 3.16. The summed E-state index contributed by atoms with van der Waals surface area (Å²) in [7, 11) is 0. The summed E-state index contributed by atoms with van der Waals surface area (Å²) >= 11 is 0. The highest BCUT2D eigenvalue weighted by Crippen LogP contribution is 2.34. The molecule has 21 heavy (non-hydrogen) atoms. The highest BCUT2D eigenvalue weighted by molar-refractivity contribution is 5.53. The van der Waals surface area contributed by atoms with Gasteiger partial charge in [-0.25, -0.2) is 0 Å². The molecule has 0 saturated heterocycles. The lowest BCUT2D eigenvalue weighted by molar-refractivity contribution is 0.332. The van der Waals surface area contributed by atoms with E-state index in [1.807, 2.05) is 6.07 Å². The standard InChI is InChI=1S/C16H22N4O/c1-3-11-7-6-10-18-14(11)15-19-16(21-20-15)12-8-5-9-13(12)17-4-2/h6-7,10,12-13,17H,3-5,8-9H2,1-2H3. The molecule has 1 saturated carbocycles.